The number of sulfonamides is 1. The molecule has 102 valence electrons. The quantitative estimate of drug-likeness (QED) is 0.874. The van der Waals surface area contributed by atoms with Crippen LogP contribution in [0.3, 0.4) is 0 Å². The van der Waals surface area contributed by atoms with Crippen molar-refractivity contribution in [1.82, 2.24) is 4.31 Å². The number of rotatable bonds is 2. The number of nitrogens with two attached hydrogens (primary N) is 1. The van der Waals surface area contributed by atoms with Crippen LogP contribution in [0.5, 0.6) is 0 Å². The third-order valence-corrected chi connectivity index (χ3v) is 5.36. The first kappa shape index (κ1) is 14.0. The summed E-state index contributed by atoms with van der Waals surface area (Å²) in [7, 11) is -3.56. The third kappa shape index (κ3) is 2.78. The summed E-state index contributed by atoms with van der Waals surface area (Å²) < 4.78 is 26.6. The molecule has 19 heavy (non-hydrogen) atoms. The van der Waals surface area contributed by atoms with Gasteiger partial charge in [-0.3, -0.25) is 0 Å². The lowest BCUT2D eigenvalue weighted by atomic mass is 10.1. The fraction of sp³-hybridized carbons (Fsp3) is 0.462. The summed E-state index contributed by atoms with van der Waals surface area (Å²) in [6.45, 7) is 2.57. The Bertz CT molecular complexity index is 619. The molecule has 1 heterocycles. The van der Waals surface area contributed by atoms with Crippen molar-refractivity contribution >= 4 is 10.0 Å². The molecule has 0 radical (unpaired) electrons. The molecule has 2 rings (SSSR count). The van der Waals surface area contributed by atoms with Gasteiger partial charge in [0.05, 0.1) is 16.5 Å². The van der Waals surface area contributed by atoms with Gasteiger partial charge in [-0.2, -0.15) is 9.57 Å². The molecular formula is C13H17N3O2S. The molecule has 0 amide bonds. The number of hydrogen-bond donors (Lipinski definition) is 1. The summed E-state index contributed by atoms with van der Waals surface area (Å²) in [5.74, 6) is 0. The van der Waals surface area contributed by atoms with Gasteiger partial charge in [-0.25, -0.2) is 8.42 Å². The number of nitrogens with zero attached hydrogens (tertiary/aromatic N) is 2. The molecule has 1 atom stereocenters. The maximum atomic E-state index is 12.6. The first-order valence-corrected chi connectivity index (χ1v) is 7.65. The van der Waals surface area contributed by atoms with Crippen molar-refractivity contribution in [3.63, 3.8) is 0 Å². The predicted octanol–water partition coefficient (Wildman–Crippen LogP) is 0.978. The molecule has 1 aliphatic rings. The van der Waals surface area contributed by atoms with Crippen LogP contribution in [-0.4, -0.2) is 31.9 Å². The highest BCUT2D eigenvalue weighted by Gasteiger charge is 2.30. The van der Waals surface area contributed by atoms with Crippen molar-refractivity contribution in [2.45, 2.75) is 30.7 Å². The summed E-state index contributed by atoms with van der Waals surface area (Å²) in [4.78, 5) is 0.209. The van der Waals surface area contributed by atoms with Gasteiger partial charge in [0, 0.05) is 19.1 Å². The Morgan fingerprint density at radius 1 is 1.47 bits per heavy atom. The van der Waals surface area contributed by atoms with Gasteiger partial charge in [-0.1, -0.05) is 6.07 Å². The monoisotopic (exact) mass is 279 g/mol. The van der Waals surface area contributed by atoms with E-state index in [-0.39, 0.29) is 10.9 Å². The summed E-state index contributed by atoms with van der Waals surface area (Å²) in [6, 6.07) is 6.58. The number of hydrogen-bond acceptors (Lipinski definition) is 4. The van der Waals surface area contributed by atoms with Gasteiger partial charge >= 0.3 is 0 Å². The van der Waals surface area contributed by atoms with E-state index in [9.17, 15) is 8.42 Å². The molecule has 0 aliphatic carbocycles. The molecule has 0 bridgehead atoms. The van der Waals surface area contributed by atoms with Gasteiger partial charge in [0.1, 0.15) is 0 Å². The highest BCUT2D eigenvalue weighted by atomic mass is 32.2. The summed E-state index contributed by atoms with van der Waals surface area (Å²) in [6.07, 6.45) is 1.63. The van der Waals surface area contributed by atoms with E-state index in [2.05, 4.69) is 0 Å². The van der Waals surface area contributed by atoms with E-state index in [1.54, 1.807) is 19.1 Å². The molecule has 0 unspecified atom stereocenters. The second kappa shape index (κ2) is 5.29. The Hall–Kier alpha value is -1.42. The molecule has 6 heteroatoms. The SMILES string of the molecule is Cc1ccc(C#N)cc1S(=O)(=O)N1CCC[C@@H](N)C1. The summed E-state index contributed by atoms with van der Waals surface area (Å²) >= 11 is 0. The van der Waals surface area contributed by atoms with Gasteiger partial charge in [0.15, 0.2) is 0 Å². The van der Waals surface area contributed by atoms with Crippen LogP contribution < -0.4 is 5.73 Å². The lowest BCUT2D eigenvalue weighted by Crippen LogP contribution is -2.45. The highest BCUT2D eigenvalue weighted by molar-refractivity contribution is 7.89. The first-order valence-electron chi connectivity index (χ1n) is 6.21. The Kier molecular flexibility index (Phi) is 3.90. The normalized spacial score (nSPS) is 21.0. The van der Waals surface area contributed by atoms with Crippen LogP contribution in [0.2, 0.25) is 0 Å². The number of nitriles is 1. The van der Waals surface area contributed by atoms with Gasteiger partial charge in [-0.05, 0) is 37.5 Å². The molecule has 0 saturated carbocycles. The fourth-order valence-corrected chi connectivity index (χ4v) is 4.07. The highest BCUT2D eigenvalue weighted by Crippen LogP contribution is 2.23. The van der Waals surface area contributed by atoms with Crippen molar-refractivity contribution in [1.29, 1.82) is 5.26 Å². The van der Waals surface area contributed by atoms with Crippen LogP contribution in [0, 0.1) is 18.3 Å². The molecular weight excluding hydrogens is 262 g/mol. The first-order chi connectivity index (χ1) is 8.95. The van der Waals surface area contributed by atoms with Crippen LogP contribution in [0.1, 0.15) is 24.0 Å². The van der Waals surface area contributed by atoms with E-state index < -0.39 is 10.0 Å². The zero-order chi connectivity index (χ0) is 14.0. The van der Waals surface area contributed by atoms with Crippen LogP contribution in [-0.2, 0) is 10.0 Å². The summed E-state index contributed by atoms with van der Waals surface area (Å²) in [5, 5.41) is 8.89. The minimum atomic E-state index is -3.56. The van der Waals surface area contributed by atoms with Gasteiger partial charge in [-0.15, -0.1) is 0 Å². The topological polar surface area (TPSA) is 87.2 Å². The van der Waals surface area contributed by atoms with Crippen molar-refractivity contribution < 1.29 is 8.42 Å². The van der Waals surface area contributed by atoms with Crippen molar-refractivity contribution in [3.05, 3.63) is 29.3 Å². The molecule has 1 fully saturated rings. The minimum absolute atomic E-state index is 0.108. The molecule has 1 aromatic carbocycles. The van der Waals surface area contributed by atoms with Crippen molar-refractivity contribution in [2.24, 2.45) is 5.73 Å². The zero-order valence-electron chi connectivity index (χ0n) is 10.8. The Morgan fingerprint density at radius 3 is 2.84 bits per heavy atom. The average molecular weight is 279 g/mol. The average Bonchev–Trinajstić information content (AvgIpc) is 2.39. The van der Waals surface area contributed by atoms with E-state index in [1.807, 2.05) is 6.07 Å². The fourth-order valence-electron chi connectivity index (χ4n) is 2.28. The maximum absolute atomic E-state index is 12.6. The van der Waals surface area contributed by atoms with Gasteiger partial charge in [0.25, 0.3) is 0 Å². The largest absolute Gasteiger partial charge is 0.327 e. The molecule has 0 spiro atoms. The molecule has 5 nitrogen and oxygen atoms in total. The van der Waals surface area contributed by atoms with Crippen LogP contribution in [0.25, 0.3) is 0 Å². The van der Waals surface area contributed by atoms with Gasteiger partial charge < -0.3 is 5.73 Å². The second-order valence-electron chi connectivity index (χ2n) is 4.86. The minimum Gasteiger partial charge on any atom is -0.327 e. The lowest BCUT2D eigenvalue weighted by Gasteiger charge is -2.30. The molecule has 2 N–H and O–H groups in total. The third-order valence-electron chi connectivity index (χ3n) is 3.36. The Morgan fingerprint density at radius 2 is 2.21 bits per heavy atom. The van der Waals surface area contributed by atoms with E-state index in [1.165, 1.54) is 10.4 Å². The molecule has 1 saturated heterocycles. The van der Waals surface area contributed by atoms with E-state index in [0.717, 1.165) is 12.8 Å². The van der Waals surface area contributed by atoms with E-state index >= 15 is 0 Å². The molecule has 1 aliphatic heterocycles. The number of aryl methyl sites for hydroxylation is 1. The Labute approximate surface area is 113 Å². The number of piperidine rings is 1. The molecule has 0 aromatic heterocycles. The van der Waals surface area contributed by atoms with E-state index in [4.69, 9.17) is 11.0 Å². The van der Waals surface area contributed by atoms with Crippen LogP contribution in [0.4, 0.5) is 0 Å². The van der Waals surface area contributed by atoms with Crippen molar-refractivity contribution in [3.8, 4) is 6.07 Å². The summed E-state index contributed by atoms with van der Waals surface area (Å²) in [5.41, 5.74) is 6.84. The molecule has 1 aromatic rings. The van der Waals surface area contributed by atoms with Gasteiger partial charge in [0.2, 0.25) is 10.0 Å². The Balaban J connectivity index is 2.42. The number of benzene rings is 1. The van der Waals surface area contributed by atoms with Crippen LogP contribution >= 0.6 is 0 Å². The second-order valence-corrected chi connectivity index (χ2v) is 6.76. The standard InChI is InChI=1S/C13H17N3O2S/c1-10-4-5-11(8-14)7-13(10)19(17,18)16-6-2-3-12(15)9-16/h4-5,7,12H,2-3,6,9,15H2,1H3/t12-/m1/s1. The lowest BCUT2D eigenvalue weighted by molar-refractivity contribution is 0.316. The van der Waals surface area contributed by atoms with Crippen molar-refractivity contribution in [2.75, 3.05) is 13.1 Å². The predicted molar refractivity (Wildman–Crippen MR) is 71.9 cm³/mol. The smallest absolute Gasteiger partial charge is 0.243 e. The van der Waals surface area contributed by atoms with Crippen LogP contribution in [0.15, 0.2) is 23.1 Å². The van der Waals surface area contributed by atoms with E-state index in [0.29, 0.717) is 24.2 Å². The maximum Gasteiger partial charge on any atom is 0.243 e. The zero-order valence-corrected chi connectivity index (χ0v) is 11.7.